The first-order chi connectivity index (χ1) is 6.57. The number of nitrogens with two attached hydrogens (primary N) is 1. The van der Waals surface area contributed by atoms with E-state index in [0.29, 0.717) is 12.0 Å². The monoisotopic (exact) mass is 251 g/mol. The summed E-state index contributed by atoms with van der Waals surface area (Å²) in [6.45, 7) is 3.53. The highest BCUT2D eigenvalue weighted by molar-refractivity contribution is 6.32. The van der Waals surface area contributed by atoms with Crippen molar-refractivity contribution in [1.29, 1.82) is 0 Å². The third-order valence-electron chi connectivity index (χ3n) is 1.92. The lowest BCUT2D eigenvalue weighted by Crippen LogP contribution is -2.09. The van der Waals surface area contributed by atoms with Crippen LogP contribution >= 0.6 is 24.0 Å². The average molecular weight is 252 g/mol. The minimum atomic E-state index is -0.654. The summed E-state index contributed by atoms with van der Waals surface area (Å²) in [6, 6.07) is 2.19. The van der Waals surface area contributed by atoms with Crippen molar-refractivity contribution < 1.29 is 9.50 Å². The van der Waals surface area contributed by atoms with E-state index >= 15 is 0 Å². The van der Waals surface area contributed by atoms with Gasteiger partial charge in [-0.25, -0.2) is 4.39 Å². The molecule has 0 aromatic heterocycles. The Labute approximate surface area is 99.0 Å². The van der Waals surface area contributed by atoms with Gasteiger partial charge in [0.15, 0.2) is 0 Å². The van der Waals surface area contributed by atoms with E-state index in [1.165, 1.54) is 12.1 Å². The molecule has 0 spiro atoms. The second-order valence-corrected chi connectivity index (χ2v) is 3.31. The first-order valence-electron chi connectivity index (χ1n) is 4.11. The normalized spacial score (nSPS) is 11.7. The molecule has 0 bridgehead atoms. The lowest BCUT2D eigenvalue weighted by Gasteiger charge is -2.12. The molecule has 0 saturated heterocycles. The molecule has 0 amide bonds. The Morgan fingerprint density at radius 3 is 2.73 bits per heavy atom. The number of phenols is 1. The minimum Gasteiger partial charge on any atom is -0.506 e. The van der Waals surface area contributed by atoms with Gasteiger partial charge in [0.2, 0.25) is 0 Å². The second-order valence-electron chi connectivity index (χ2n) is 2.93. The number of aromatic hydroxyl groups is 1. The highest BCUT2D eigenvalue weighted by Crippen LogP contribution is 2.33. The summed E-state index contributed by atoms with van der Waals surface area (Å²) in [7, 11) is 0. The zero-order valence-electron chi connectivity index (χ0n) is 7.91. The maximum Gasteiger partial charge on any atom is 0.145 e. The number of rotatable bonds is 3. The fourth-order valence-corrected chi connectivity index (χ4v) is 1.33. The fraction of sp³-hybridized carbons (Fsp3) is 0.200. The van der Waals surface area contributed by atoms with Crippen molar-refractivity contribution in [1.82, 2.24) is 0 Å². The van der Waals surface area contributed by atoms with E-state index in [1.54, 1.807) is 6.08 Å². The SMILES string of the molecule is C=CC[C@H](N)c1ccc(F)c(Cl)c1O.Cl. The van der Waals surface area contributed by atoms with Crippen molar-refractivity contribution in [3.63, 3.8) is 0 Å². The van der Waals surface area contributed by atoms with Crippen molar-refractivity contribution in [2.75, 3.05) is 0 Å². The van der Waals surface area contributed by atoms with Crippen LogP contribution in [-0.4, -0.2) is 5.11 Å². The molecule has 0 aliphatic carbocycles. The molecular formula is C10H12Cl2FNO. The molecule has 2 nitrogen and oxygen atoms in total. The van der Waals surface area contributed by atoms with Gasteiger partial charge in [0.05, 0.1) is 0 Å². The molecule has 0 saturated carbocycles. The zero-order chi connectivity index (χ0) is 10.7. The lowest BCUT2D eigenvalue weighted by atomic mass is 10.0. The molecule has 0 radical (unpaired) electrons. The molecule has 1 rings (SSSR count). The van der Waals surface area contributed by atoms with Crippen molar-refractivity contribution in [3.8, 4) is 5.75 Å². The zero-order valence-corrected chi connectivity index (χ0v) is 9.48. The summed E-state index contributed by atoms with van der Waals surface area (Å²) in [4.78, 5) is 0. The number of phenolic OH excluding ortho intramolecular Hbond substituents is 1. The molecule has 5 heteroatoms. The maximum atomic E-state index is 12.9. The van der Waals surface area contributed by atoms with Crippen molar-refractivity contribution in [2.45, 2.75) is 12.5 Å². The van der Waals surface area contributed by atoms with Crippen molar-refractivity contribution in [3.05, 3.63) is 41.2 Å². The molecule has 0 unspecified atom stereocenters. The van der Waals surface area contributed by atoms with Gasteiger partial charge >= 0.3 is 0 Å². The van der Waals surface area contributed by atoms with Crippen molar-refractivity contribution in [2.24, 2.45) is 5.73 Å². The van der Waals surface area contributed by atoms with E-state index in [4.69, 9.17) is 17.3 Å². The van der Waals surface area contributed by atoms with Gasteiger partial charge in [0.1, 0.15) is 16.6 Å². The maximum absolute atomic E-state index is 12.9. The molecule has 0 aliphatic rings. The first kappa shape index (κ1) is 14.2. The molecule has 1 atom stereocenters. The van der Waals surface area contributed by atoms with Crippen LogP contribution in [0.3, 0.4) is 0 Å². The summed E-state index contributed by atoms with van der Waals surface area (Å²) >= 11 is 5.52. The predicted octanol–water partition coefficient (Wildman–Crippen LogP) is 3.18. The molecule has 0 aliphatic heterocycles. The minimum absolute atomic E-state index is 0. The van der Waals surface area contributed by atoms with Gasteiger partial charge in [-0.05, 0) is 12.5 Å². The smallest absolute Gasteiger partial charge is 0.145 e. The number of benzene rings is 1. The summed E-state index contributed by atoms with van der Waals surface area (Å²) in [6.07, 6.45) is 2.12. The summed E-state index contributed by atoms with van der Waals surface area (Å²) < 4.78 is 12.9. The Morgan fingerprint density at radius 2 is 2.20 bits per heavy atom. The number of hydrogen-bond donors (Lipinski definition) is 2. The predicted molar refractivity (Wildman–Crippen MR) is 62.1 cm³/mol. The van der Waals surface area contributed by atoms with E-state index in [2.05, 4.69) is 6.58 Å². The van der Waals surface area contributed by atoms with Crippen LogP contribution in [0.5, 0.6) is 5.75 Å². The van der Waals surface area contributed by atoms with Gasteiger partial charge in [-0.3, -0.25) is 0 Å². The van der Waals surface area contributed by atoms with Crippen LogP contribution in [0, 0.1) is 5.82 Å². The first-order valence-corrected chi connectivity index (χ1v) is 4.49. The van der Waals surface area contributed by atoms with Crippen LogP contribution in [0.25, 0.3) is 0 Å². The molecule has 1 aromatic rings. The summed E-state index contributed by atoms with van der Waals surface area (Å²) in [5.74, 6) is -0.945. The third kappa shape index (κ3) is 3.09. The molecule has 0 fully saturated rings. The Kier molecular flexibility index (Phi) is 5.65. The van der Waals surface area contributed by atoms with Gasteiger partial charge in [0.25, 0.3) is 0 Å². The summed E-state index contributed by atoms with van der Waals surface area (Å²) in [5.41, 5.74) is 6.14. The molecule has 0 heterocycles. The quantitative estimate of drug-likeness (QED) is 0.811. The van der Waals surface area contributed by atoms with Crippen LogP contribution in [0.1, 0.15) is 18.0 Å². The molecule has 1 aromatic carbocycles. The van der Waals surface area contributed by atoms with Crippen LogP contribution in [0.4, 0.5) is 4.39 Å². The van der Waals surface area contributed by atoms with E-state index in [-0.39, 0.29) is 23.2 Å². The van der Waals surface area contributed by atoms with Crippen LogP contribution < -0.4 is 5.73 Å². The Bertz CT molecular complexity index is 358. The van der Waals surface area contributed by atoms with Crippen LogP contribution in [-0.2, 0) is 0 Å². The van der Waals surface area contributed by atoms with Gasteiger partial charge < -0.3 is 10.8 Å². The van der Waals surface area contributed by atoms with Gasteiger partial charge in [-0.15, -0.1) is 19.0 Å². The Hall–Kier alpha value is -0.770. The summed E-state index contributed by atoms with van der Waals surface area (Å²) in [5, 5.41) is 9.20. The largest absolute Gasteiger partial charge is 0.506 e. The highest BCUT2D eigenvalue weighted by Gasteiger charge is 2.14. The van der Waals surface area contributed by atoms with E-state index < -0.39 is 11.9 Å². The number of hydrogen-bond acceptors (Lipinski definition) is 2. The van der Waals surface area contributed by atoms with E-state index in [1.807, 2.05) is 0 Å². The van der Waals surface area contributed by atoms with Gasteiger partial charge in [-0.2, -0.15) is 0 Å². The van der Waals surface area contributed by atoms with Gasteiger partial charge in [-0.1, -0.05) is 23.7 Å². The van der Waals surface area contributed by atoms with E-state index in [9.17, 15) is 9.50 Å². The average Bonchev–Trinajstić information content (AvgIpc) is 2.15. The second kappa shape index (κ2) is 5.95. The third-order valence-corrected chi connectivity index (χ3v) is 2.28. The van der Waals surface area contributed by atoms with E-state index in [0.717, 1.165) is 0 Å². The fourth-order valence-electron chi connectivity index (χ4n) is 1.16. The Morgan fingerprint density at radius 1 is 1.60 bits per heavy atom. The Balaban J connectivity index is 0.00000196. The topological polar surface area (TPSA) is 46.2 Å². The van der Waals surface area contributed by atoms with Crippen LogP contribution in [0.2, 0.25) is 5.02 Å². The van der Waals surface area contributed by atoms with Gasteiger partial charge in [0, 0.05) is 11.6 Å². The molecular weight excluding hydrogens is 240 g/mol. The molecule has 15 heavy (non-hydrogen) atoms. The van der Waals surface area contributed by atoms with Crippen molar-refractivity contribution >= 4 is 24.0 Å². The van der Waals surface area contributed by atoms with Crippen LogP contribution in [0.15, 0.2) is 24.8 Å². The molecule has 3 N–H and O–H groups in total. The standard InChI is InChI=1S/C10H11ClFNO.ClH/c1-2-3-8(13)6-4-5-7(12)9(11)10(6)14;/h2,4-5,8,14H,1,3,13H2;1H/t8-;/m0./s1. The number of halogens is 3. The lowest BCUT2D eigenvalue weighted by molar-refractivity contribution is 0.456. The highest BCUT2D eigenvalue weighted by atomic mass is 35.5. The molecule has 84 valence electrons.